The summed E-state index contributed by atoms with van der Waals surface area (Å²) in [6.07, 6.45) is 2.21. The van der Waals surface area contributed by atoms with E-state index in [0.717, 1.165) is 12.8 Å². The standard InChI is InChI=1S/C13H20N2O3S/c1-9(10-4-5-10)15(2)19(16,17)11-6-7-13(18-3)12(14)8-11/h6-10H,4-5,14H2,1-3H3. The van der Waals surface area contributed by atoms with Gasteiger partial charge in [-0.05, 0) is 43.9 Å². The van der Waals surface area contributed by atoms with Crippen LogP contribution in [0.25, 0.3) is 0 Å². The molecule has 1 unspecified atom stereocenters. The van der Waals surface area contributed by atoms with Crippen molar-refractivity contribution in [2.75, 3.05) is 19.9 Å². The summed E-state index contributed by atoms with van der Waals surface area (Å²) in [5.41, 5.74) is 6.10. The molecular formula is C13H20N2O3S. The van der Waals surface area contributed by atoms with E-state index in [9.17, 15) is 8.42 Å². The molecule has 0 spiro atoms. The van der Waals surface area contributed by atoms with Crippen molar-refractivity contribution >= 4 is 15.7 Å². The molecule has 2 N–H and O–H groups in total. The van der Waals surface area contributed by atoms with Gasteiger partial charge < -0.3 is 10.5 Å². The Kier molecular flexibility index (Phi) is 3.73. The maximum atomic E-state index is 12.5. The smallest absolute Gasteiger partial charge is 0.243 e. The van der Waals surface area contributed by atoms with E-state index in [-0.39, 0.29) is 10.9 Å². The number of hydrogen-bond donors (Lipinski definition) is 1. The molecule has 0 saturated heterocycles. The van der Waals surface area contributed by atoms with Crippen LogP contribution >= 0.6 is 0 Å². The minimum absolute atomic E-state index is 0.0216. The lowest BCUT2D eigenvalue weighted by Gasteiger charge is -2.24. The van der Waals surface area contributed by atoms with Crippen LogP contribution < -0.4 is 10.5 Å². The third kappa shape index (κ3) is 2.69. The highest BCUT2D eigenvalue weighted by Gasteiger charge is 2.36. The monoisotopic (exact) mass is 284 g/mol. The number of rotatable bonds is 5. The Labute approximate surface area is 114 Å². The molecule has 1 aliphatic carbocycles. The van der Waals surface area contributed by atoms with E-state index in [2.05, 4.69) is 0 Å². The number of hydrogen-bond acceptors (Lipinski definition) is 4. The zero-order chi connectivity index (χ0) is 14.2. The molecule has 0 aromatic heterocycles. The Morgan fingerprint density at radius 1 is 1.42 bits per heavy atom. The first kappa shape index (κ1) is 14.1. The van der Waals surface area contributed by atoms with Crippen LogP contribution in [0, 0.1) is 5.92 Å². The Hall–Kier alpha value is -1.27. The summed E-state index contributed by atoms with van der Waals surface area (Å²) in [5.74, 6) is 0.965. The predicted molar refractivity (Wildman–Crippen MR) is 74.5 cm³/mol. The predicted octanol–water partition coefficient (Wildman–Crippen LogP) is 1.70. The van der Waals surface area contributed by atoms with Gasteiger partial charge in [0.15, 0.2) is 0 Å². The van der Waals surface area contributed by atoms with E-state index in [1.807, 2.05) is 6.92 Å². The Morgan fingerprint density at radius 2 is 2.05 bits per heavy atom. The number of nitrogens with two attached hydrogens (primary N) is 1. The molecule has 0 bridgehead atoms. The van der Waals surface area contributed by atoms with E-state index in [4.69, 9.17) is 10.5 Å². The van der Waals surface area contributed by atoms with Crippen molar-refractivity contribution in [3.05, 3.63) is 18.2 Å². The molecule has 1 fully saturated rings. The van der Waals surface area contributed by atoms with Gasteiger partial charge in [0.05, 0.1) is 17.7 Å². The number of ether oxygens (including phenoxy) is 1. The van der Waals surface area contributed by atoms with Crippen molar-refractivity contribution in [1.82, 2.24) is 4.31 Å². The van der Waals surface area contributed by atoms with Crippen LogP contribution in [0.1, 0.15) is 19.8 Å². The maximum Gasteiger partial charge on any atom is 0.243 e. The zero-order valence-corrected chi connectivity index (χ0v) is 12.3. The molecular weight excluding hydrogens is 264 g/mol. The Morgan fingerprint density at radius 3 is 2.53 bits per heavy atom. The quantitative estimate of drug-likeness (QED) is 0.835. The Bertz CT molecular complexity index is 567. The van der Waals surface area contributed by atoms with Gasteiger partial charge in [0.25, 0.3) is 0 Å². The molecule has 0 radical (unpaired) electrons. The average Bonchev–Trinajstić information content (AvgIpc) is 3.21. The molecule has 6 heteroatoms. The second-order valence-electron chi connectivity index (χ2n) is 5.00. The molecule has 0 heterocycles. The summed E-state index contributed by atoms with van der Waals surface area (Å²) in [7, 11) is -0.368. The summed E-state index contributed by atoms with van der Waals surface area (Å²) in [6.45, 7) is 1.95. The van der Waals surface area contributed by atoms with Gasteiger partial charge in [-0.2, -0.15) is 4.31 Å². The van der Waals surface area contributed by atoms with Gasteiger partial charge in [0, 0.05) is 13.1 Å². The molecule has 2 rings (SSSR count). The molecule has 0 amide bonds. The fourth-order valence-electron chi connectivity index (χ4n) is 2.13. The second-order valence-corrected chi connectivity index (χ2v) is 7.00. The summed E-state index contributed by atoms with van der Waals surface area (Å²) in [5, 5.41) is 0. The summed E-state index contributed by atoms with van der Waals surface area (Å²) in [4.78, 5) is 0.209. The van der Waals surface area contributed by atoms with Crippen molar-refractivity contribution in [2.45, 2.75) is 30.7 Å². The molecule has 5 nitrogen and oxygen atoms in total. The van der Waals surface area contributed by atoms with Crippen LogP contribution in [0.2, 0.25) is 0 Å². The van der Waals surface area contributed by atoms with Gasteiger partial charge in [-0.25, -0.2) is 8.42 Å². The molecule has 0 aliphatic heterocycles. The van der Waals surface area contributed by atoms with Crippen LogP contribution in [0.3, 0.4) is 0 Å². The van der Waals surface area contributed by atoms with Crippen LogP contribution in [0.15, 0.2) is 23.1 Å². The zero-order valence-electron chi connectivity index (χ0n) is 11.5. The van der Waals surface area contributed by atoms with Crippen molar-refractivity contribution < 1.29 is 13.2 Å². The summed E-state index contributed by atoms with van der Waals surface area (Å²) in [6, 6.07) is 4.58. The number of nitrogens with zero attached hydrogens (tertiary/aromatic N) is 1. The summed E-state index contributed by atoms with van der Waals surface area (Å²) < 4.78 is 31.4. The van der Waals surface area contributed by atoms with Gasteiger partial charge in [0.2, 0.25) is 10.0 Å². The molecule has 1 aliphatic rings. The average molecular weight is 284 g/mol. The van der Waals surface area contributed by atoms with Crippen molar-refractivity contribution in [3.8, 4) is 5.75 Å². The lowest BCUT2D eigenvalue weighted by Crippen LogP contribution is -2.36. The molecule has 1 atom stereocenters. The fraction of sp³-hybridized carbons (Fsp3) is 0.538. The highest BCUT2D eigenvalue weighted by atomic mass is 32.2. The number of nitrogen functional groups attached to an aromatic ring is 1. The number of sulfonamides is 1. The van der Waals surface area contributed by atoms with E-state index >= 15 is 0 Å². The fourth-order valence-corrected chi connectivity index (χ4v) is 3.59. The highest BCUT2D eigenvalue weighted by molar-refractivity contribution is 7.89. The third-order valence-electron chi connectivity index (χ3n) is 3.76. The first-order valence-electron chi connectivity index (χ1n) is 6.29. The van der Waals surface area contributed by atoms with E-state index in [1.54, 1.807) is 13.1 Å². The minimum Gasteiger partial charge on any atom is -0.495 e. The topological polar surface area (TPSA) is 72.6 Å². The normalized spacial score (nSPS) is 17.5. The van der Waals surface area contributed by atoms with Crippen molar-refractivity contribution in [1.29, 1.82) is 0 Å². The van der Waals surface area contributed by atoms with E-state index in [0.29, 0.717) is 17.4 Å². The van der Waals surface area contributed by atoms with E-state index in [1.165, 1.54) is 23.5 Å². The highest BCUT2D eigenvalue weighted by Crippen LogP contribution is 2.36. The molecule has 1 saturated carbocycles. The van der Waals surface area contributed by atoms with Gasteiger partial charge in [-0.1, -0.05) is 0 Å². The number of benzene rings is 1. The number of methoxy groups -OCH3 is 1. The molecule has 1 aromatic carbocycles. The van der Waals surface area contributed by atoms with Crippen molar-refractivity contribution in [2.24, 2.45) is 5.92 Å². The molecule has 19 heavy (non-hydrogen) atoms. The maximum absolute atomic E-state index is 12.5. The first-order valence-corrected chi connectivity index (χ1v) is 7.73. The summed E-state index contributed by atoms with van der Waals surface area (Å²) >= 11 is 0. The lowest BCUT2D eigenvalue weighted by molar-refractivity contribution is 0.357. The minimum atomic E-state index is -3.49. The molecule has 1 aromatic rings. The van der Waals surface area contributed by atoms with Gasteiger partial charge in [0.1, 0.15) is 5.75 Å². The van der Waals surface area contributed by atoms with Crippen LogP contribution in [-0.2, 0) is 10.0 Å². The SMILES string of the molecule is COc1ccc(S(=O)(=O)N(C)C(C)C2CC2)cc1N. The third-order valence-corrected chi connectivity index (χ3v) is 5.70. The van der Waals surface area contributed by atoms with Gasteiger partial charge in [-0.3, -0.25) is 0 Å². The second kappa shape index (κ2) is 5.02. The van der Waals surface area contributed by atoms with Crippen LogP contribution in [-0.4, -0.2) is 32.9 Å². The van der Waals surface area contributed by atoms with Crippen molar-refractivity contribution in [3.63, 3.8) is 0 Å². The van der Waals surface area contributed by atoms with Gasteiger partial charge >= 0.3 is 0 Å². The largest absolute Gasteiger partial charge is 0.495 e. The van der Waals surface area contributed by atoms with E-state index < -0.39 is 10.0 Å². The Balaban J connectivity index is 2.30. The van der Waals surface area contributed by atoms with Crippen LogP contribution in [0.5, 0.6) is 5.75 Å². The lowest BCUT2D eigenvalue weighted by atomic mass is 10.2. The molecule has 106 valence electrons. The first-order chi connectivity index (χ1) is 8.87. The van der Waals surface area contributed by atoms with Crippen LogP contribution in [0.4, 0.5) is 5.69 Å². The number of anilines is 1. The van der Waals surface area contributed by atoms with Gasteiger partial charge in [-0.15, -0.1) is 0 Å².